The maximum atomic E-state index is 12.5. The van der Waals surface area contributed by atoms with Gasteiger partial charge in [0.2, 0.25) is 5.91 Å². The largest absolute Gasteiger partial charge is 0.490 e. The summed E-state index contributed by atoms with van der Waals surface area (Å²) in [6, 6.07) is 11.0. The molecule has 28 heavy (non-hydrogen) atoms. The third-order valence-corrected chi connectivity index (χ3v) is 5.19. The van der Waals surface area contributed by atoms with Gasteiger partial charge in [-0.2, -0.15) is 0 Å². The second-order valence-electron chi connectivity index (χ2n) is 7.11. The average molecular weight is 380 g/mol. The number of benzene rings is 1. The van der Waals surface area contributed by atoms with Gasteiger partial charge in [-0.1, -0.05) is 0 Å². The summed E-state index contributed by atoms with van der Waals surface area (Å²) in [6.45, 7) is 2.07. The molecule has 1 aromatic carbocycles. The van der Waals surface area contributed by atoms with Crippen LogP contribution in [0.25, 0.3) is 0 Å². The third kappa shape index (κ3) is 4.24. The first-order valence-electron chi connectivity index (χ1n) is 9.72. The summed E-state index contributed by atoms with van der Waals surface area (Å²) in [5, 5.41) is 2.94. The van der Waals surface area contributed by atoms with E-state index < -0.39 is 0 Å². The molecule has 0 spiro atoms. The van der Waals surface area contributed by atoms with Crippen molar-refractivity contribution in [2.45, 2.75) is 31.8 Å². The summed E-state index contributed by atoms with van der Waals surface area (Å²) in [5.74, 6) is 0.975. The molecule has 3 heterocycles. The average Bonchev–Trinajstić information content (AvgIpc) is 3.16. The van der Waals surface area contributed by atoms with Gasteiger partial charge >= 0.3 is 6.03 Å². The van der Waals surface area contributed by atoms with Crippen LogP contribution in [0.3, 0.4) is 0 Å². The summed E-state index contributed by atoms with van der Waals surface area (Å²) in [6.07, 6.45) is 6.64. The first-order chi connectivity index (χ1) is 13.7. The van der Waals surface area contributed by atoms with Gasteiger partial charge in [0.25, 0.3) is 0 Å². The van der Waals surface area contributed by atoms with Crippen molar-refractivity contribution in [2.75, 3.05) is 29.9 Å². The third-order valence-electron chi connectivity index (χ3n) is 5.19. The molecule has 4 rings (SSSR count). The lowest BCUT2D eigenvalue weighted by atomic mass is 10.1. The predicted octanol–water partition coefficient (Wildman–Crippen LogP) is 3.28. The fourth-order valence-electron chi connectivity index (χ4n) is 3.63. The topological polar surface area (TPSA) is 74.8 Å². The molecule has 0 aliphatic carbocycles. The molecule has 2 aromatic rings. The molecule has 2 aliphatic rings. The van der Waals surface area contributed by atoms with Crippen LogP contribution in [0.1, 0.15) is 25.7 Å². The minimum absolute atomic E-state index is 0.104. The van der Waals surface area contributed by atoms with Crippen LogP contribution in [0, 0.1) is 0 Å². The molecule has 7 heteroatoms. The molecule has 0 bridgehead atoms. The van der Waals surface area contributed by atoms with Crippen LogP contribution >= 0.6 is 0 Å². The number of nitrogens with one attached hydrogen (secondary N) is 1. The number of pyridine rings is 1. The van der Waals surface area contributed by atoms with Gasteiger partial charge in [-0.05, 0) is 42.8 Å². The maximum absolute atomic E-state index is 12.5. The zero-order valence-corrected chi connectivity index (χ0v) is 15.7. The fourth-order valence-corrected chi connectivity index (χ4v) is 3.63. The van der Waals surface area contributed by atoms with E-state index in [1.165, 1.54) is 0 Å². The number of aromatic nitrogens is 1. The highest BCUT2D eigenvalue weighted by atomic mass is 16.5. The zero-order chi connectivity index (χ0) is 19.3. The maximum Gasteiger partial charge on any atom is 0.321 e. The smallest absolute Gasteiger partial charge is 0.321 e. The number of piperidine rings is 1. The van der Waals surface area contributed by atoms with Crippen LogP contribution in [0.15, 0.2) is 48.8 Å². The molecule has 2 fully saturated rings. The SMILES string of the molecule is O=C(Nc1ccc(N2CCCC2=O)cc1)N1CCC(Oc2ccncc2)CC1. The van der Waals surface area contributed by atoms with E-state index in [1.54, 1.807) is 17.3 Å². The normalized spacial score (nSPS) is 17.6. The Labute approximate surface area is 164 Å². The van der Waals surface area contributed by atoms with Crippen molar-refractivity contribution in [2.24, 2.45) is 0 Å². The van der Waals surface area contributed by atoms with Gasteiger partial charge in [0, 0.05) is 62.7 Å². The van der Waals surface area contributed by atoms with Gasteiger partial charge in [0.15, 0.2) is 0 Å². The van der Waals surface area contributed by atoms with Gasteiger partial charge in [-0.3, -0.25) is 9.78 Å². The van der Waals surface area contributed by atoms with Crippen LogP contribution in [-0.2, 0) is 4.79 Å². The quantitative estimate of drug-likeness (QED) is 0.883. The lowest BCUT2D eigenvalue weighted by Gasteiger charge is -2.32. The minimum Gasteiger partial charge on any atom is -0.490 e. The van der Waals surface area contributed by atoms with Crippen molar-refractivity contribution in [3.05, 3.63) is 48.8 Å². The lowest BCUT2D eigenvalue weighted by Crippen LogP contribution is -2.43. The second-order valence-corrected chi connectivity index (χ2v) is 7.11. The molecule has 2 aliphatic heterocycles. The lowest BCUT2D eigenvalue weighted by molar-refractivity contribution is -0.117. The summed E-state index contributed by atoms with van der Waals surface area (Å²) < 4.78 is 5.94. The highest BCUT2D eigenvalue weighted by molar-refractivity contribution is 5.96. The van der Waals surface area contributed by atoms with Crippen LogP contribution in [0.2, 0.25) is 0 Å². The molecule has 0 radical (unpaired) electrons. The Balaban J connectivity index is 1.27. The van der Waals surface area contributed by atoms with E-state index in [1.807, 2.05) is 41.3 Å². The van der Waals surface area contributed by atoms with E-state index in [2.05, 4.69) is 10.3 Å². The first kappa shape index (κ1) is 18.3. The number of anilines is 2. The van der Waals surface area contributed by atoms with E-state index >= 15 is 0 Å². The molecule has 1 N–H and O–H groups in total. The van der Waals surface area contributed by atoms with E-state index in [0.29, 0.717) is 19.5 Å². The molecular formula is C21H24N4O3. The number of urea groups is 1. The van der Waals surface area contributed by atoms with Gasteiger partial charge < -0.3 is 19.9 Å². The number of hydrogen-bond acceptors (Lipinski definition) is 4. The number of amides is 3. The summed E-state index contributed by atoms with van der Waals surface area (Å²) in [5.41, 5.74) is 1.62. The molecule has 0 unspecified atom stereocenters. The first-order valence-corrected chi connectivity index (χ1v) is 9.72. The number of hydrogen-bond donors (Lipinski definition) is 1. The molecule has 2 saturated heterocycles. The number of rotatable bonds is 4. The Morgan fingerprint density at radius 2 is 1.75 bits per heavy atom. The molecule has 1 aromatic heterocycles. The van der Waals surface area contributed by atoms with Gasteiger partial charge in [0.1, 0.15) is 11.9 Å². The van der Waals surface area contributed by atoms with E-state index in [0.717, 1.165) is 42.9 Å². The number of likely N-dealkylation sites (tertiary alicyclic amines) is 1. The monoisotopic (exact) mass is 380 g/mol. The Hall–Kier alpha value is -3.09. The molecule has 0 atom stereocenters. The van der Waals surface area contributed by atoms with Crippen LogP contribution in [0.4, 0.5) is 16.2 Å². The molecule has 0 saturated carbocycles. The molecule has 146 valence electrons. The molecular weight excluding hydrogens is 356 g/mol. The van der Waals surface area contributed by atoms with Crippen LogP contribution in [0.5, 0.6) is 5.75 Å². The van der Waals surface area contributed by atoms with Crippen LogP contribution < -0.4 is 15.0 Å². The highest BCUT2D eigenvalue weighted by Gasteiger charge is 2.24. The summed E-state index contributed by atoms with van der Waals surface area (Å²) >= 11 is 0. The van der Waals surface area contributed by atoms with Gasteiger partial charge in [-0.25, -0.2) is 4.79 Å². The molecule has 3 amide bonds. The number of carbonyl (C=O) groups excluding carboxylic acids is 2. The van der Waals surface area contributed by atoms with Crippen LogP contribution in [-0.4, -0.2) is 47.6 Å². The van der Waals surface area contributed by atoms with Crippen molar-refractivity contribution in [1.82, 2.24) is 9.88 Å². The van der Waals surface area contributed by atoms with Crippen molar-refractivity contribution in [3.8, 4) is 5.75 Å². The Kier molecular flexibility index (Phi) is 5.41. The van der Waals surface area contributed by atoms with E-state index in [4.69, 9.17) is 4.74 Å². The van der Waals surface area contributed by atoms with Crippen molar-refractivity contribution in [1.29, 1.82) is 0 Å². The Morgan fingerprint density at radius 3 is 2.39 bits per heavy atom. The second kappa shape index (κ2) is 8.29. The molecule has 7 nitrogen and oxygen atoms in total. The van der Waals surface area contributed by atoms with Crippen molar-refractivity contribution < 1.29 is 14.3 Å². The van der Waals surface area contributed by atoms with Crippen molar-refractivity contribution in [3.63, 3.8) is 0 Å². The highest BCUT2D eigenvalue weighted by Crippen LogP contribution is 2.24. The standard InChI is InChI=1S/C21H24N4O3/c26-20-2-1-13-25(20)17-5-3-16(4-6-17)23-21(27)24-14-9-19(10-15-24)28-18-7-11-22-12-8-18/h3-8,11-12,19H,1-2,9-10,13-15H2,(H,23,27). The van der Waals surface area contributed by atoms with Crippen molar-refractivity contribution >= 4 is 23.3 Å². The number of ether oxygens (including phenoxy) is 1. The minimum atomic E-state index is -0.104. The van der Waals surface area contributed by atoms with Gasteiger partial charge in [0.05, 0.1) is 0 Å². The Bertz CT molecular complexity index is 817. The van der Waals surface area contributed by atoms with E-state index in [9.17, 15) is 9.59 Å². The predicted molar refractivity (Wildman–Crippen MR) is 107 cm³/mol. The zero-order valence-electron chi connectivity index (χ0n) is 15.7. The number of nitrogens with zero attached hydrogens (tertiary/aromatic N) is 3. The number of carbonyl (C=O) groups is 2. The summed E-state index contributed by atoms with van der Waals surface area (Å²) in [7, 11) is 0. The van der Waals surface area contributed by atoms with Gasteiger partial charge in [-0.15, -0.1) is 0 Å². The fraction of sp³-hybridized carbons (Fsp3) is 0.381. The van der Waals surface area contributed by atoms with E-state index in [-0.39, 0.29) is 18.0 Å². The Morgan fingerprint density at radius 1 is 1.04 bits per heavy atom. The summed E-state index contributed by atoms with van der Waals surface area (Å²) in [4.78, 5) is 31.9.